The molecule has 0 aliphatic heterocycles. The van der Waals surface area contributed by atoms with Crippen LogP contribution in [0, 0.1) is 0 Å². The van der Waals surface area contributed by atoms with E-state index < -0.39 is 0 Å². The van der Waals surface area contributed by atoms with Gasteiger partial charge in [-0.1, -0.05) is 6.08 Å². The Hall–Kier alpha value is -1.00. The maximum atomic E-state index is 5.87. The van der Waals surface area contributed by atoms with Gasteiger partial charge in [-0.05, 0) is 72.7 Å². The lowest BCUT2D eigenvalue weighted by Gasteiger charge is -2.15. The number of halogens is 1. The highest BCUT2D eigenvalue weighted by atomic mass is 79.9. The van der Waals surface area contributed by atoms with E-state index in [1.165, 1.54) is 6.42 Å². The number of hydrogen-bond acceptors (Lipinski definition) is 3. The molecule has 1 aromatic carbocycles. The zero-order chi connectivity index (χ0) is 15.7. The maximum Gasteiger partial charge on any atom is 0.175 e. The summed E-state index contributed by atoms with van der Waals surface area (Å²) in [6, 6.07) is 4.18. The molecule has 1 unspecified atom stereocenters. The molecular formula is C17H26BrNO2. The molecule has 0 saturated heterocycles. The zero-order valence-electron chi connectivity index (χ0n) is 13.0. The lowest BCUT2D eigenvalue weighted by molar-refractivity contribution is 0.283. The van der Waals surface area contributed by atoms with Gasteiger partial charge in [-0.3, -0.25) is 0 Å². The molecule has 1 atom stereocenters. The number of unbranched alkanes of at least 4 members (excludes halogenated alkanes) is 3. The third-order valence-electron chi connectivity index (χ3n) is 3.15. The molecule has 0 fully saturated rings. The minimum Gasteiger partial charge on any atom is -0.493 e. The first kappa shape index (κ1) is 18.1. The van der Waals surface area contributed by atoms with Gasteiger partial charge in [0.25, 0.3) is 0 Å². The van der Waals surface area contributed by atoms with Crippen LogP contribution in [-0.4, -0.2) is 19.8 Å². The van der Waals surface area contributed by atoms with Crippen molar-refractivity contribution in [3.8, 4) is 11.5 Å². The zero-order valence-corrected chi connectivity index (χ0v) is 14.6. The second-order valence-electron chi connectivity index (χ2n) is 5.28. The second kappa shape index (κ2) is 9.85. The summed E-state index contributed by atoms with van der Waals surface area (Å²) in [6.45, 7) is 6.41. The van der Waals surface area contributed by atoms with Crippen LogP contribution in [0.3, 0.4) is 0 Å². The average molecular weight is 356 g/mol. The smallest absolute Gasteiger partial charge is 0.175 e. The maximum absolute atomic E-state index is 5.87. The van der Waals surface area contributed by atoms with Gasteiger partial charge in [0.15, 0.2) is 11.5 Å². The van der Waals surface area contributed by atoms with Gasteiger partial charge in [-0.2, -0.15) is 0 Å². The highest BCUT2D eigenvalue weighted by Crippen LogP contribution is 2.37. The minimum absolute atomic E-state index is 0.123. The van der Waals surface area contributed by atoms with Crippen molar-refractivity contribution >= 4 is 15.9 Å². The minimum atomic E-state index is 0.123. The van der Waals surface area contributed by atoms with Crippen molar-refractivity contribution in [2.45, 2.75) is 45.1 Å². The molecule has 0 amide bonds. The predicted octanol–water partition coefficient (Wildman–Crippen LogP) is 4.47. The van der Waals surface area contributed by atoms with Crippen LogP contribution in [0.4, 0.5) is 0 Å². The molecule has 2 N–H and O–H groups in total. The Kier molecular flexibility index (Phi) is 8.47. The van der Waals surface area contributed by atoms with E-state index in [0.29, 0.717) is 6.61 Å². The average Bonchev–Trinajstić information content (AvgIpc) is 2.43. The van der Waals surface area contributed by atoms with Gasteiger partial charge in [0.1, 0.15) is 0 Å². The highest BCUT2D eigenvalue weighted by Gasteiger charge is 2.12. The van der Waals surface area contributed by atoms with Crippen LogP contribution >= 0.6 is 15.9 Å². The summed E-state index contributed by atoms with van der Waals surface area (Å²) in [4.78, 5) is 0. The first-order valence-corrected chi connectivity index (χ1v) is 8.23. The predicted molar refractivity (Wildman–Crippen MR) is 92.2 cm³/mol. The van der Waals surface area contributed by atoms with E-state index >= 15 is 0 Å². The third-order valence-corrected chi connectivity index (χ3v) is 3.73. The molecule has 0 aromatic heterocycles. The fourth-order valence-electron chi connectivity index (χ4n) is 2.14. The molecule has 0 spiro atoms. The lowest BCUT2D eigenvalue weighted by atomic mass is 10.1. The number of nitrogens with two attached hydrogens (primary N) is 1. The van der Waals surface area contributed by atoms with Gasteiger partial charge in [-0.15, -0.1) is 6.58 Å². The Bertz CT molecular complexity index is 447. The number of ether oxygens (including phenoxy) is 2. The largest absolute Gasteiger partial charge is 0.493 e. The second-order valence-corrected chi connectivity index (χ2v) is 6.13. The van der Waals surface area contributed by atoms with E-state index in [9.17, 15) is 0 Å². The molecule has 3 nitrogen and oxygen atoms in total. The fourth-order valence-corrected chi connectivity index (χ4v) is 2.75. The number of hydrogen-bond donors (Lipinski definition) is 1. The van der Waals surface area contributed by atoms with Crippen LogP contribution in [0.1, 0.15) is 38.2 Å². The van der Waals surface area contributed by atoms with Crippen LogP contribution in [0.15, 0.2) is 29.3 Å². The first-order chi connectivity index (χ1) is 10.1. The summed E-state index contributed by atoms with van der Waals surface area (Å²) in [7, 11) is 1.66. The quantitative estimate of drug-likeness (QED) is 0.497. The van der Waals surface area contributed by atoms with E-state index in [4.69, 9.17) is 15.2 Å². The van der Waals surface area contributed by atoms with Gasteiger partial charge in [0.2, 0.25) is 0 Å². The van der Waals surface area contributed by atoms with Crippen molar-refractivity contribution in [3.05, 3.63) is 34.8 Å². The molecule has 0 aliphatic rings. The molecule has 1 rings (SSSR count). The first-order valence-electron chi connectivity index (χ1n) is 7.44. The Balaban J connectivity index is 2.62. The van der Waals surface area contributed by atoms with E-state index in [-0.39, 0.29) is 6.04 Å². The SMILES string of the molecule is C=CCCCCCOc1c(Br)cc(CC(C)N)cc1OC. The molecule has 118 valence electrons. The molecule has 0 radical (unpaired) electrons. The fraction of sp³-hybridized carbons (Fsp3) is 0.529. The third kappa shape index (κ3) is 6.53. The molecule has 0 bridgehead atoms. The number of methoxy groups -OCH3 is 1. The molecule has 21 heavy (non-hydrogen) atoms. The van der Waals surface area contributed by atoms with Crippen molar-refractivity contribution in [2.24, 2.45) is 5.73 Å². The van der Waals surface area contributed by atoms with Crippen molar-refractivity contribution in [1.29, 1.82) is 0 Å². The van der Waals surface area contributed by atoms with E-state index in [1.807, 2.05) is 19.1 Å². The number of rotatable bonds is 10. The molecule has 0 saturated carbocycles. The summed E-state index contributed by atoms with van der Waals surface area (Å²) in [5.41, 5.74) is 6.99. The molecule has 0 aliphatic carbocycles. The summed E-state index contributed by atoms with van der Waals surface area (Å²) in [6.07, 6.45) is 7.19. The van der Waals surface area contributed by atoms with Crippen molar-refractivity contribution in [2.75, 3.05) is 13.7 Å². The number of benzene rings is 1. The Labute approximate surface area is 136 Å². The van der Waals surface area contributed by atoms with Crippen molar-refractivity contribution < 1.29 is 9.47 Å². The Morgan fingerprint density at radius 1 is 1.33 bits per heavy atom. The van der Waals surface area contributed by atoms with Crippen LogP contribution in [0.5, 0.6) is 11.5 Å². The van der Waals surface area contributed by atoms with Crippen LogP contribution in [0.2, 0.25) is 0 Å². The Morgan fingerprint density at radius 3 is 2.71 bits per heavy atom. The number of allylic oxidation sites excluding steroid dienone is 1. The summed E-state index contributed by atoms with van der Waals surface area (Å²) < 4.78 is 12.2. The van der Waals surface area contributed by atoms with Gasteiger partial charge >= 0.3 is 0 Å². The van der Waals surface area contributed by atoms with Crippen molar-refractivity contribution in [1.82, 2.24) is 0 Å². The van der Waals surface area contributed by atoms with Gasteiger partial charge < -0.3 is 15.2 Å². The molecule has 4 heteroatoms. The standard InChI is InChI=1S/C17H26BrNO2/c1-4-5-6-7-8-9-21-17-15(18)11-14(10-13(2)19)12-16(17)20-3/h4,11-13H,1,5-10,19H2,2-3H3. The van der Waals surface area contributed by atoms with Crippen LogP contribution in [-0.2, 0) is 6.42 Å². The molecular weight excluding hydrogens is 330 g/mol. The molecule has 0 heterocycles. The Morgan fingerprint density at radius 2 is 2.10 bits per heavy atom. The lowest BCUT2D eigenvalue weighted by Crippen LogP contribution is -2.17. The highest BCUT2D eigenvalue weighted by molar-refractivity contribution is 9.10. The van der Waals surface area contributed by atoms with Gasteiger partial charge in [0, 0.05) is 6.04 Å². The summed E-state index contributed by atoms with van der Waals surface area (Å²) >= 11 is 3.56. The normalized spacial score (nSPS) is 12.0. The van der Waals surface area contributed by atoms with Crippen LogP contribution in [0.25, 0.3) is 0 Å². The van der Waals surface area contributed by atoms with E-state index in [1.54, 1.807) is 7.11 Å². The van der Waals surface area contributed by atoms with Gasteiger partial charge in [0.05, 0.1) is 18.2 Å². The topological polar surface area (TPSA) is 44.5 Å². The van der Waals surface area contributed by atoms with Crippen LogP contribution < -0.4 is 15.2 Å². The van der Waals surface area contributed by atoms with Crippen molar-refractivity contribution in [3.63, 3.8) is 0 Å². The molecule has 1 aromatic rings. The monoisotopic (exact) mass is 355 g/mol. The van der Waals surface area contributed by atoms with E-state index in [2.05, 4.69) is 28.6 Å². The van der Waals surface area contributed by atoms with E-state index in [0.717, 1.165) is 47.2 Å². The summed E-state index contributed by atoms with van der Waals surface area (Å²) in [5, 5.41) is 0. The van der Waals surface area contributed by atoms with Gasteiger partial charge in [-0.25, -0.2) is 0 Å². The summed E-state index contributed by atoms with van der Waals surface area (Å²) in [5.74, 6) is 1.53.